The third-order valence-electron chi connectivity index (χ3n) is 2.75. The van der Waals surface area contributed by atoms with Gasteiger partial charge in [0.1, 0.15) is 17.2 Å². The van der Waals surface area contributed by atoms with Crippen LogP contribution >= 0.6 is 0 Å². The van der Waals surface area contributed by atoms with Crippen molar-refractivity contribution in [2.75, 3.05) is 20.8 Å². The van der Waals surface area contributed by atoms with Gasteiger partial charge in [0.15, 0.2) is 0 Å². The Bertz CT molecular complexity index is 328. The second-order valence-corrected chi connectivity index (χ2v) is 3.68. The summed E-state index contributed by atoms with van der Waals surface area (Å²) < 4.78 is 23.7. The Hall–Kier alpha value is -1.13. The Morgan fingerprint density at radius 2 is 2.00 bits per heavy atom. The molecule has 0 amide bonds. The van der Waals surface area contributed by atoms with Crippen LogP contribution in [0.25, 0.3) is 0 Å². The highest BCUT2D eigenvalue weighted by Crippen LogP contribution is 2.31. The van der Waals surface area contributed by atoms with E-state index in [4.69, 9.17) is 9.47 Å². The van der Waals surface area contributed by atoms with E-state index in [1.54, 1.807) is 14.2 Å². The largest absolute Gasteiger partial charge is 0.508 e. The van der Waals surface area contributed by atoms with Crippen molar-refractivity contribution in [2.45, 2.75) is 18.9 Å². The van der Waals surface area contributed by atoms with E-state index in [1.165, 1.54) is 12.1 Å². The molecule has 0 unspecified atom stereocenters. The molecule has 1 atom stereocenters. The summed E-state index contributed by atoms with van der Waals surface area (Å²) in [5.41, 5.74) is -0.134. The van der Waals surface area contributed by atoms with Crippen LogP contribution in [-0.2, 0) is 15.1 Å². The number of phenols is 1. The number of hydrogen-bond acceptors (Lipinski definition) is 3. The zero-order valence-electron chi connectivity index (χ0n) is 9.79. The predicted molar refractivity (Wildman–Crippen MR) is 58.9 cm³/mol. The lowest BCUT2D eigenvalue weighted by Gasteiger charge is -2.31. The molecule has 0 spiro atoms. The molecule has 1 N–H and O–H groups in total. The molecule has 1 aromatic carbocycles. The van der Waals surface area contributed by atoms with Crippen LogP contribution in [0.4, 0.5) is 4.39 Å². The van der Waals surface area contributed by atoms with E-state index in [9.17, 15) is 9.50 Å². The van der Waals surface area contributed by atoms with Crippen LogP contribution in [0.15, 0.2) is 18.2 Å². The highest BCUT2D eigenvalue weighted by atomic mass is 19.1. The number of halogens is 1. The topological polar surface area (TPSA) is 38.7 Å². The van der Waals surface area contributed by atoms with Crippen LogP contribution in [0.5, 0.6) is 5.75 Å². The lowest BCUT2D eigenvalue weighted by Crippen LogP contribution is -2.33. The number of hydrogen-bond donors (Lipinski definition) is 1. The van der Waals surface area contributed by atoms with Gasteiger partial charge in [-0.2, -0.15) is 0 Å². The molecule has 0 heterocycles. The molecule has 3 nitrogen and oxygen atoms in total. The summed E-state index contributed by atoms with van der Waals surface area (Å²) in [6, 6.07) is 3.91. The summed E-state index contributed by atoms with van der Waals surface area (Å²) in [5.74, 6) is -0.595. The van der Waals surface area contributed by atoms with Crippen LogP contribution in [-0.4, -0.2) is 25.9 Å². The molecular weight excluding hydrogens is 211 g/mol. The van der Waals surface area contributed by atoms with Crippen molar-refractivity contribution in [3.05, 3.63) is 29.6 Å². The summed E-state index contributed by atoms with van der Waals surface area (Å²) in [5, 5.41) is 9.38. The lowest BCUT2D eigenvalue weighted by atomic mass is 9.91. The molecule has 1 rings (SSSR count). The highest BCUT2D eigenvalue weighted by Gasteiger charge is 2.31. The average Bonchev–Trinajstić information content (AvgIpc) is 2.24. The number of rotatable bonds is 5. The Morgan fingerprint density at radius 1 is 1.31 bits per heavy atom. The minimum Gasteiger partial charge on any atom is -0.508 e. The van der Waals surface area contributed by atoms with E-state index in [2.05, 4.69) is 0 Å². The molecule has 0 aromatic heterocycles. The van der Waals surface area contributed by atoms with Crippen molar-refractivity contribution in [1.29, 1.82) is 0 Å². The second kappa shape index (κ2) is 5.27. The maximum atomic E-state index is 13.2. The zero-order chi connectivity index (χ0) is 12.2. The lowest BCUT2D eigenvalue weighted by molar-refractivity contribution is -0.0722. The molecule has 16 heavy (non-hydrogen) atoms. The number of methoxy groups -OCH3 is 2. The van der Waals surface area contributed by atoms with Gasteiger partial charge in [-0.3, -0.25) is 0 Å². The summed E-state index contributed by atoms with van der Waals surface area (Å²) in [6.07, 6.45) is 0.625. The third kappa shape index (κ3) is 2.51. The van der Waals surface area contributed by atoms with E-state index in [-0.39, 0.29) is 5.75 Å². The second-order valence-electron chi connectivity index (χ2n) is 3.68. The van der Waals surface area contributed by atoms with Crippen molar-refractivity contribution in [3.63, 3.8) is 0 Å². The smallest absolute Gasteiger partial charge is 0.127 e. The Labute approximate surface area is 94.8 Å². The van der Waals surface area contributed by atoms with Crippen molar-refractivity contribution in [3.8, 4) is 5.75 Å². The minimum atomic E-state index is -0.714. The standard InChI is InChI=1S/C12H17FO3/c1-4-12(16-3,8-15-2)9-5-10(13)7-11(14)6-9/h5-7,14H,4,8H2,1-3H3/t12-/m1/s1. The van der Waals surface area contributed by atoms with Gasteiger partial charge in [0.25, 0.3) is 0 Å². The Morgan fingerprint density at radius 3 is 2.44 bits per heavy atom. The normalized spacial score (nSPS) is 14.8. The van der Waals surface area contributed by atoms with Gasteiger partial charge >= 0.3 is 0 Å². The monoisotopic (exact) mass is 228 g/mol. The molecule has 1 aromatic rings. The molecule has 90 valence electrons. The Balaban J connectivity index is 3.19. The van der Waals surface area contributed by atoms with E-state index >= 15 is 0 Å². The number of benzene rings is 1. The first-order chi connectivity index (χ1) is 7.57. The first-order valence-electron chi connectivity index (χ1n) is 5.12. The number of phenolic OH excluding ortho intramolecular Hbond substituents is 1. The van der Waals surface area contributed by atoms with Crippen LogP contribution in [0.3, 0.4) is 0 Å². The van der Waals surface area contributed by atoms with Gasteiger partial charge in [-0.1, -0.05) is 6.92 Å². The van der Waals surface area contributed by atoms with Crippen molar-refractivity contribution in [1.82, 2.24) is 0 Å². The molecule has 0 aliphatic heterocycles. The molecule has 0 bridgehead atoms. The van der Waals surface area contributed by atoms with Crippen molar-refractivity contribution in [2.24, 2.45) is 0 Å². The molecule has 0 saturated carbocycles. The molecule has 0 aliphatic carbocycles. The van der Waals surface area contributed by atoms with E-state index in [0.717, 1.165) is 6.07 Å². The van der Waals surface area contributed by atoms with Crippen LogP contribution in [0.1, 0.15) is 18.9 Å². The predicted octanol–water partition coefficient (Wildman–Crippen LogP) is 2.43. The maximum absolute atomic E-state index is 13.2. The van der Waals surface area contributed by atoms with Crippen LogP contribution in [0, 0.1) is 5.82 Å². The first-order valence-corrected chi connectivity index (χ1v) is 5.12. The Kier molecular flexibility index (Phi) is 4.26. The van der Waals surface area contributed by atoms with Gasteiger partial charge < -0.3 is 14.6 Å². The summed E-state index contributed by atoms with van der Waals surface area (Å²) in [6.45, 7) is 2.23. The summed E-state index contributed by atoms with van der Waals surface area (Å²) >= 11 is 0. The number of ether oxygens (including phenoxy) is 2. The summed E-state index contributed by atoms with van der Waals surface area (Å²) in [4.78, 5) is 0. The molecule has 0 aliphatic rings. The fraction of sp³-hybridized carbons (Fsp3) is 0.500. The fourth-order valence-electron chi connectivity index (χ4n) is 1.78. The zero-order valence-corrected chi connectivity index (χ0v) is 9.79. The van der Waals surface area contributed by atoms with Crippen LogP contribution in [0.2, 0.25) is 0 Å². The average molecular weight is 228 g/mol. The molecule has 0 fully saturated rings. The SMILES string of the molecule is CC[C@](COC)(OC)c1cc(O)cc(F)c1. The van der Waals surface area contributed by atoms with Crippen molar-refractivity contribution >= 4 is 0 Å². The molecule has 0 saturated heterocycles. The molecular formula is C12H17FO3. The highest BCUT2D eigenvalue weighted by molar-refractivity contribution is 5.32. The van der Waals surface area contributed by atoms with E-state index < -0.39 is 11.4 Å². The van der Waals surface area contributed by atoms with Gasteiger partial charge in [0, 0.05) is 20.3 Å². The van der Waals surface area contributed by atoms with Gasteiger partial charge in [0.05, 0.1) is 6.61 Å². The van der Waals surface area contributed by atoms with Crippen LogP contribution < -0.4 is 0 Å². The maximum Gasteiger partial charge on any atom is 0.127 e. The van der Waals surface area contributed by atoms with Crippen molar-refractivity contribution < 1.29 is 19.0 Å². The van der Waals surface area contributed by atoms with Gasteiger partial charge in [-0.25, -0.2) is 4.39 Å². The summed E-state index contributed by atoms with van der Waals surface area (Å²) in [7, 11) is 3.10. The molecule has 0 radical (unpaired) electrons. The third-order valence-corrected chi connectivity index (χ3v) is 2.75. The molecule has 4 heteroatoms. The fourth-order valence-corrected chi connectivity index (χ4v) is 1.78. The number of aromatic hydroxyl groups is 1. The minimum absolute atomic E-state index is 0.110. The first kappa shape index (κ1) is 12.9. The van der Waals surface area contributed by atoms with E-state index in [1.807, 2.05) is 6.92 Å². The van der Waals surface area contributed by atoms with E-state index in [0.29, 0.717) is 18.6 Å². The van der Waals surface area contributed by atoms with Gasteiger partial charge in [-0.05, 0) is 24.1 Å². The van der Waals surface area contributed by atoms with Gasteiger partial charge in [0.2, 0.25) is 0 Å². The quantitative estimate of drug-likeness (QED) is 0.841. The van der Waals surface area contributed by atoms with Gasteiger partial charge in [-0.15, -0.1) is 0 Å².